The van der Waals surface area contributed by atoms with Gasteiger partial charge < -0.3 is 9.88 Å². The highest BCUT2D eigenvalue weighted by atomic mass is 15.0. The highest BCUT2D eigenvalue weighted by Crippen LogP contribution is 2.25. The normalized spacial score (nSPS) is 10.9. The number of imidazole rings is 1. The van der Waals surface area contributed by atoms with E-state index in [0.717, 1.165) is 17.0 Å². The third-order valence-corrected chi connectivity index (χ3v) is 3.61. The molecule has 0 radical (unpaired) electrons. The van der Waals surface area contributed by atoms with Gasteiger partial charge in [-0.2, -0.15) is 0 Å². The molecular formula is C16H17N3. The number of hydrogen-bond donors (Lipinski definition) is 1. The molecule has 0 atom stereocenters. The molecule has 1 heterocycles. The van der Waals surface area contributed by atoms with E-state index in [0.29, 0.717) is 0 Å². The van der Waals surface area contributed by atoms with Gasteiger partial charge in [-0.15, -0.1) is 0 Å². The fourth-order valence-electron chi connectivity index (χ4n) is 2.32. The van der Waals surface area contributed by atoms with E-state index in [1.165, 1.54) is 16.6 Å². The molecule has 0 aliphatic rings. The highest BCUT2D eigenvalue weighted by Gasteiger charge is 2.06. The van der Waals surface area contributed by atoms with Crippen molar-refractivity contribution < 1.29 is 0 Å². The SMILES string of the molecule is CNc1ccc(-c2ccc3nc(C)n(C)c3c2)cc1. The van der Waals surface area contributed by atoms with E-state index in [2.05, 4.69) is 64.4 Å². The molecule has 19 heavy (non-hydrogen) atoms. The molecule has 3 nitrogen and oxygen atoms in total. The van der Waals surface area contributed by atoms with E-state index >= 15 is 0 Å². The number of aromatic nitrogens is 2. The average molecular weight is 251 g/mol. The first kappa shape index (κ1) is 11.8. The van der Waals surface area contributed by atoms with Gasteiger partial charge in [0.25, 0.3) is 0 Å². The van der Waals surface area contributed by atoms with E-state index in [9.17, 15) is 0 Å². The lowest BCUT2D eigenvalue weighted by atomic mass is 10.0. The van der Waals surface area contributed by atoms with Crippen molar-refractivity contribution in [2.75, 3.05) is 12.4 Å². The van der Waals surface area contributed by atoms with Crippen molar-refractivity contribution in [3.05, 3.63) is 48.3 Å². The summed E-state index contributed by atoms with van der Waals surface area (Å²) in [6.07, 6.45) is 0. The summed E-state index contributed by atoms with van der Waals surface area (Å²) < 4.78 is 2.13. The molecule has 0 bridgehead atoms. The molecule has 0 saturated heterocycles. The molecule has 0 unspecified atom stereocenters. The number of nitrogens with one attached hydrogen (secondary N) is 1. The molecule has 2 aromatic carbocycles. The van der Waals surface area contributed by atoms with Crippen molar-refractivity contribution in [1.29, 1.82) is 0 Å². The van der Waals surface area contributed by atoms with Crippen molar-refractivity contribution in [3.8, 4) is 11.1 Å². The average Bonchev–Trinajstić information content (AvgIpc) is 2.74. The number of rotatable bonds is 2. The fraction of sp³-hybridized carbons (Fsp3) is 0.188. The van der Waals surface area contributed by atoms with Gasteiger partial charge in [-0.25, -0.2) is 4.98 Å². The Morgan fingerprint density at radius 2 is 1.68 bits per heavy atom. The molecule has 0 aliphatic carbocycles. The number of hydrogen-bond acceptors (Lipinski definition) is 2. The van der Waals surface area contributed by atoms with E-state index in [1.807, 2.05) is 14.0 Å². The first-order valence-corrected chi connectivity index (χ1v) is 6.40. The molecule has 0 saturated carbocycles. The lowest BCUT2D eigenvalue weighted by Gasteiger charge is -2.05. The first-order valence-electron chi connectivity index (χ1n) is 6.40. The summed E-state index contributed by atoms with van der Waals surface area (Å²) in [5, 5.41) is 3.13. The summed E-state index contributed by atoms with van der Waals surface area (Å²) >= 11 is 0. The number of benzene rings is 2. The predicted octanol–water partition coefficient (Wildman–Crippen LogP) is 3.59. The third-order valence-electron chi connectivity index (χ3n) is 3.61. The second-order valence-corrected chi connectivity index (χ2v) is 4.75. The van der Waals surface area contributed by atoms with Gasteiger partial charge in [-0.3, -0.25) is 0 Å². The molecule has 1 aromatic heterocycles. The van der Waals surface area contributed by atoms with Crippen molar-refractivity contribution in [2.45, 2.75) is 6.92 Å². The van der Waals surface area contributed by atoms with Gasteiger partial charge in [0.1, 0.15) is 5.82 Å². The molecule has 0 fully saturated rings. The zero-order valence-electron chi connectivity index (χ0n) is 11.4. The van der Waals surface area contributed by atoms with Crippen LogP contribution in [0, 0.1) is 6.92 Å². The lowest BCUT2D eigenvalue weighted by molar-refractivity contribution is 0.886. The second-order valence-electron chi connectivity index (χ2n) is 4.75. The Bertz CT molecular complexity index is 724. The second kappa shape index (κ2) is 4.43. The molecule has 3 aromatic rings. The van der Waals surface area contributed by atoms with Gasteiger partial charge in [0.05, 0.1) is 11.0 Å². The molecular weight excluding hydrogens is 234 g/mol. The predicted molar refractivity (Wildman–Crippen MR) is 80.4 cm³/mol. The summed E-state index contributed by atoms with van der Waals surface area (Å²) in [5.41, 5.74) is 5.79. The van der Waals surface area contributed by atoms with Crippen LogP contribution < -0.4 is 5.32 Å². The van der Waals surface area contributed by atoms with Gasteiger partial charge >= 0.3 is 0 Å². The maximum absolute atomic E-state index is 4.53. The van der Waals surface area contributed by atoms with Crippen molar-refractivity contribution in [3.63, 3.8) is 0 Å². The Morgan fingerprint density at radius 1 is 1.00 bits per heavy atom. The van der Waals surface area contributed by atoms with Crippen LogP contribution in [0.3, 0.4) is 0 Å². The molecule has 1 N–H and O–H groups in total. The number of aryl methyl sites for hydroxylation is 2. The van der Waals surface area contributed by atoms with Crippen LogP contribution in [0.4, 0.5) is 5.69 Å². The van der Waals surface area contributed by atoms with Crippen LogP contribution >= 0.6 is 0 Å². The number of fused-ring (bicyclic) bond motifs is 1. The Labute approximate surface area is 112 Å². The van der Waals surface area contributed by atoms with Gasteiger partial charge in [0.2, 0.25) is 0 Å². The van der Waals surface area contributed by atoms with Crippen LogP contribution in [0.1, 0.15) is 5.82 Å². The standard InChI is InChI=1S/C16H17N3/c1-11-18-15-9-6-13(10-16(15)19(11)3)12-4-7-14(17-2)8-5-12/h4-10,17H,1-3H3. The summed E-state index contributed by atoms with van der Waals surface area (Å²) in [6.45, 7) is 2.03. The highest BCUT2D eigenvalue weighted by molar-refractivity contribution is 5.82. The minimum Gasteiger partial charge on any atom is -0.388 e. The van der Waals surface area contributed by atoms with Crippen molar-refractivity contribution in [2.24, 2.45) is 7.05 Å². The van der Waals surface area contributed by atoms with Crippen LogP contribution in [-0.2, 0) is 7.05 Å². The fourth-order valence-corrected chi connectivity index (χ4v) is 2.32. The number of anilines is 1. The number of nitrogens with zero attached hydrogens (tertiary/aromatic N) is 2. The molecule has 0 amide bonds. The van der Waals surface area contributed by atoms with Crippen LogP contribution in [0.2, 0.25) is 0 Å². The zero-order valence-corrected chi connectivity index (χ0v) is 11.4. The summed E-state index contributed by atoms with van der Waals surface area (Å²) in [7, 11) is 3.98. The van der Waals surface area contributed by atoms with Gasteiger partial charge in [-0.05, 0) is 42.3 Å². The van der Waals surface area contributed by atoms with Crippen LogP contribution in [0.25, 0.3) is 22.2 Å². The minimum atomic E-state index is 1.04. The van der Waals surface area contributed by atoms with Crippen molar-refractivity contribution >= 4 is 16.7 Å². The molecule has 3 heteroatoms. The Hall–Kier alpha value is -2.29. The minimum absolute atomic E-state index is 1.04. The first-order chi connectivity index (χ1) is 9.19. The summed E-state index contributed by atoms with van der Waals surface area (Å²) in [6, 6.07) is 14.9. The van der Waals surface area contributed by atoms with Crippen LogP contribution in [0.5, 0.6) is 0 Å². The van der Waals surface area contributed by atoms with Gasteiger partial charge in [0, 0.05) is 19.8 Å². The molecule has 0 aliphatic heterocycles. The zero-order chi connectivity index (χ0) is 13.4. The van der Waals surface area contributed by atoms with E-state index in [1.54, 1.807) is 0 Å². The molecule has 96 valence electrons. The van der Waals surface area contributed by atoms with Crippen molar-refractivity contribution in [1.82, 2.24) is 9.55 Å². The Morgan fingerprint density at radius 3 is 2.37 bits per heavy atom. The van der Waals surface area contributed by atoms with E-state index in [-0.39, 0.29) is 0 Å². The Balaban J connectivity index is 2.11. The molecule has 3 rings (SSSR count). The quantitative estimate of drug-likeness (QED) is 0.754. The van der Waals surface area contributed by atoms with Crippen LogP contribution in [0.15, 0.2) is 42.5 Å². The molecule has 0 spiro atoms. The van der Waals surface area contributed by atoms with Gasteiger partial charge in [-0.1, -0.05) is 18.2 Å². The van der Waals surface area contributed by atoms with Crippen LogP contribution in [-0.4, -0.2) is 16.6 Å². The van der Waals surface area contributed by atoms with E-state index < -0.39 is 0 Å². The smallest absolute Gasteiger partial charge is 0.106 e. The largest absolute Gasteiger partial charge is 0.388 e. The summed E-state index contributed by atoms with van der Waals surface area (Å²) in [4.78, 5) is 4.53. The summed E-state index contributed by atoms with van der Waals surface area (Å²) in [5.74, 6) is 1.04. The monoisotopic (exact) mass is 251 g/mol. The topological polar surface area (TPSA) is 29.9 Å². The van der Waals surface area contributed by atoms with Gasteiger partial charge in [0.15, 0.2) is 0 Å². The Kier molecular flexibility index (Phi) is 2.75. The lowest BCUT2D eigenvalue weighted by Crippen LogP contribution is -1.90. The third kappa shape index (κ3) is 1.97. The van der Waals surface area contributed by atoms with E-state index in [4.69, 9.17) is 0 Å². The maximum atomic E-state index is 4.53. The maximum Gasteiger partial charge on any atom is 0.106 e.